The molecule has 1 aromatic carbocycles. The molecule has 0 spiro atoms. The van der Waals surface area contributed by atoms with Crippen molar-refractivity contribution in [2.24, 2.45) is 0 Å². The van der Waals surface area contributed by atoms with E-state index in [1.807, 2.05) is 18.2 Å². The van der Waals surface area contributed by atoms with Gasteiger partial charge in [-0.15, -0.1) is 0 Å². The minimum Gasteiger partial charge on any atom is -0.398 e. The summed E-state index contributed by atoms with van der Waals surface area (Å²) in [6.45, 7) is 0.947. The highest BCUT2D eigenvalue weighted by Gasteiger charge is 2.14. The highest BCUT2D eigenvalue weighted by molar-refractivity contribution is 5.99. The minimum atomic E-state index is 0.0659. The molecule has 0 unspecified atom stereocenters. The topological polar surface area (TPSA) is 68.0 Å². The summed E-state index contributed by atoms with van der Waals surface area (Å²) in [5, 5.41) is 3.28. The van der Waals surface area contributed by atoms with Gasteiger partial charge in [0.15, 0.2) is 5.78 Å². The first kappa shape index (κ1) is 11.7. The van der Waals surface area contributed by atoms with Crippen LogP contribution in [0, 0.1) is 0 Å². The maximum Gasteiger partial charge on any atom is 0.167 e. The second-order valence-corrected chi connectivity index (χ2v) is 4.72. The smallest absolute Gasteiger partial charge is 0.167 e. The Hall–Kier alpha value is -2.36. The Kier molecular flexibility index (Phi) is 2.91. The second kappa shape index (κ2) is 4.72. The van der Waals surface area contributed by atoms with Gasteiger partial charge in [0.1, 0.15) is 0 Å². The van der Waals surface area contributed by atoms with Gasteiger partial charge in [-0.2, -0.15) is 0 Å². The number of carbonyl (C=O) groups is 1. The first-order valence-corrected chi connectivity index (χ1v) is 6.32. The average Bonchev–Trinajstić information content (AvgIpc) is 2.88. The van der Waals surface area contributed by atoms with Crippen LogP contribution in [0.15, 0.2) is 36.7 Å². The average molecular weight is 253 g/mol. The number of aromatic nitrogens is 1. The van der Waals surface area contributed by atoms with Crippen LogP contribution in [-0.2, 0) is 12.8 Å². The maximum atomic E-state index is 12.3. The third-order valence-corrected chi connectivity index (χ3v) is 3.43. The molecule has 3 N–H and O–H groups in total. The summed E-state index contributed by atoms with van der Waals surface area (Å²) in [4.78, 5) is 16.3. The molecule has 1 aromatic heterocycles. The van der Waals surface area contributed by atoms with Crippen molar-refractivity contribution in [3.05, 3.63) is 53.3 Å². The van der Waals surface area contributed by atoms with Crippen molar-refractivity contribution in [2.75, 3.05) is 17.6 Å². The number of ketones is 1. The summed E-state index contributed by atoms with van der Waals surface area (Å²) in [6.07, 6.45) is 4.60. The molecule has 0 saturated carbocycles. The minimum absolute atomic E-state index is 0.0659. The molecule has 0 amide bonds. The lowest BCUT2D eigenvalue weighted by Crippen LogP contribution is -2.06. The molecule has 2 heterocycles. The number of anilines is 2. The molecule has 0 atom stereocenters. The maximum absolute atomic E-state index is 12.3. The van der Waals surface area contributed by atoms with E-state index in [-0.39, 0.29) is 5.78 Å². The molecule has 0 fully saturated rings. The molecule has 0 bridgehead atoms. The molecule has 3 rings (SSSR count). The predicted molar refractivity (Wildman–Crippen MR) is 75.3 cm³/mol. The van der Waals surface area contributed by atoms with E-state index in [1.165, 1.54) is 5.56 Å². The van der Waals surface area contributed by atoms with Gasteiger partial charge < -0.3 is 11.1 Å². The van der Waals surface area contributed by atoms with E-state index in [1.54, 1.807) is 18.5 Å². The number of nitrogen functional groups attached to an aromatic ring is 1. The summed E-state index contributed by atoms with van der Waals surface area (Å²) < 4.78 is 0. The van der Waals surface area contributed by atoms with Gasteiger partial charge in [-0.05, 0) is 24.1 Å². The Balaban J connectivity index is 1.83. The van der Waals surface area contributed by atoms with Crippen LogP contribution in [0.4, 0.5) is 11.4 Å². The highest BCUT2D eigenvalue weighted by atomic mass is 16.1. The fourth-order valence-electron chi connectivity index (χ4n) is 2.32. The highest BCUT2D eigenvalue weighted by Crippen LogP contribution is 2.24. The summed E-state index contributed by atoms with van der Waals surface area (Å²) in [7, 11) is 0. The number of benzene rings is 1. The molecular weight excluding hydrogens is 238 g/mol. The predicted octanol–water partition coefficient (Wildman–Crippen LogP) is 2.06. The summed E-state index contributed by atoms with van der Waals surface area (Å²) in [5.41, 5.74) is 10.3. The van der Waals surface area contributed by atoms with E-state index in [9.17, 15) is 4.79 Å². The van der Waals surface area contributed by atoms with E-state index in [2.05, 4.69) is 10.3 Å². The van der Waals surface area contributed by atoms with E-state index >= 15 is 0 Å². The monoisotopic (exact) mass is 253 g/mol. The first-order chi connectivity index (χ1) is 9.24. The molecule has 2 aromatic rings. The van der Waals surface area contributed by atoms with Gasteiger partial charge in [-0.1, -0.05) is 12.1 Å². The van der Waals surface area contributed by atoms with Crippen molar-refractivity contribution in [1.82, 2.24) is 4.98 Å². The normalized spacial score (nSPS) is 12.8. The zero-order valence-electron chi connectivity index (χ0n) is 10.5. The molecule has 96 valence electrons. The molecule has 0 saturated heterocycles. The third kappa shape index (κ3) is 2.29. The number of carbonyl (C=O) groups excluding carboxylic acids is 1. The number of rotatable bonds is 3. The van der Waals surface area contributed by atoms with E-state index in [0.717, 1.165) is 29.8 Å². The van der Waals surface area contributed by atoms with Gasteiger partial charge in [0, 0.05) is 47.9 Å². The number of nitrogens with two attached hydrogens (primary N) is 1. The lowest BCUT2D eigenvalue weighted by Gasteiger charge is -2.06. The molecule has 19 heavy (non-hydrogen) atoms. The first-order valence-electron chi connectivity index (χ1n) is 6.32. The Morgan fingerprint density at radius 1 is 1.37 bits per heavy atom. The van der Waals surface area contributed by atoms with Crippen LogP contribution in [0.1, 0.15) is 21.5 Å². The molecule has 0 aliphatic carbocycles. The number of pyridine rings is 1. The van der Waals surface area contributed by atoms with Crippen LogP contribution in [0.25, 0.3) is 0 Å². The fourth-order valence-corrected chi connectivity index (χ4v) is 2.32. The standard InChI is InChI=1S/C15H15N3O/c16-13-4-5-17-9-12(13)8-15(19)11-2-1-10-3-6-18-14(10)7-11/h1-2,4-5,7,9,18H,3,6,8H2,(H2,16,17). The third-order valence-electron chi connectivity index (χ3n) is 3.43. The quantitative estimate of drug-likeness (QED) is 0.821. The van der Waals surface area contributed by atoms with Crippen LogP contribution in [0.5, 0.6) is 0 Å². The zero-order valence-corrected chi connectivity index (χ0v) is 10.5. The van der Waals surface area contributed by atoms with Gasteiger partial charge in [-0.25, -0.2) is 0 Å². The van der Waals surface area contributed by atoms with Crippen LogP contribution in [0.2, 0.25) is 0 Å². The van der Waals surface area contributed by atoms with Crippen LogP contribution in [-0.4, -0.2) is 17.3 Å². The summed E-state index contributed by atoms with van der Waals surface area (Å²) in [6, 6.07) is 7.56. The van der Waals surface area contributed by atoms with Crippen LogP contribution >= 0.6 is 0 Å². The number of Topliss-reactive ketones (excluding diaryl/α,β-unsaturated/α-hetero) is 1. The van der Waals surface area contributed by atoms with Crippen LogP contribution in [0.3, 0.4) is 0 Å². The van der Waals surface area contributed by atoms with Gasteiger partial charge in [0.2, 0.25) is 0 Å². The van der Waals surface area contributed by atoms with E-state index < -0.39 is 0 Å². The van der Waals surface area contributed by atoms with Gasteiger partial charge in [-0.3, -0.25) is 9.78 Å². The zero-order chi connectivity index (χ0) is 13.2. The summed E-state index contributed by atoms with van der Waals surface area (Å²) in [5.74, 6) is 0.0659. The lowest BCUT2D eigenvalue weighted by molar-refractivity contribution is 0.0993. The number of hydrogen-bond donors (Lipinski definition) is 2. The van der Waals surface area contributed by atoms with Crippen molar-refractivity contribution in [1.29, 1.82) is 0 Å². The van der Waals surface area contributed by atoms with Crippen LogP contribution < -0.4 is 11.1 Å². The Morgan fingerprint density at radius 2 is 2.26 bits per heavy atom. The number of hydrogen-bond acceptors (Lipinski definition) is 4. The number of fused-ring (bicyclic) bond motifs is 1. The Morgan fingerprint density at radius 3 is 3.11 bits per heavy atom. The SMILES string of the molecule is Nc1ccncc1CC(=O)c1ccc2c(c1)NCC2. The van der Waals surface area contributed by atoms with Gasteiger partial charge in [0.05, 0.1) is 0 Å². The van der Waals surface area contributed by atoms with Gasteiger partial charge in [0.25, 0.3) is 0 Å². The number of nitrogens with zero attached hydrogens (tertiary/aromatic N) is 1. The Bertz CT molecular complexity index is 637. The molecular formula is C15H15N3O. The lowest BCUT2D eigenvalue weighted by atomic mass is 10.0. The molecule has 4 nitrogen and oxygen atoms in total. The molecule has 0 radical (unpaired) electrons. The second-order valence-electron chi connectivity index (χ2n) is 4.72. The van der Waals surface area contributed by atoms with Crippen molar-refractivity contribution >= 4 is 17.2 Å². The van der Waals surface area contributed by atoms with Gasteiger partial charge >= 0.3 is 0 Å². The van der Waals surface area contributed by atoms with Crippen molar-refractivity contribution in [3.63, 3.8) is 0 Å². The van der Waals surface area contributed by atoms with Crippen molar-refractivity contribution in [2.45, 2.75) is 12.8 Å². The molecule has 1 aliphatic rings. The van der Waals surface area contributed by atoms with E-state index in [0.29, 0.717) is 12.1 Å². The number of nitrogens with one attached hydrogen (secondary N) is 1. The Labute approximate surface area is 111 Å². The van der Waals surface area contributed by atoms with Crippen molar-refractivity contribution < 1.29 is 4.79 Å². The van der Waals surface area contributed by atoms with E-state index in [4.69, 9.17) is 5.73 Å². The largest absolute Gasteiger partial charge is 0.398 e. The molecule has 4 heteroatoms. The fraction of sp³-hybridized carbons (Fsp3) is 0.200. The van der Waals surface area contributed by atoms with Crippen molar-refractivity contribution in [3.8, 4) is 0 Å². The summed E-state index contributed by atoms with van der Waals surface area (Å²) >= 11 is 0. The molecule has 1 aliphatic heterocycles.